The molecule has 1 aliphatic heterocycles. The summed E-state index contributed by atoms with van der Waals surface area (Å²) < 4.78 is 6.07. The van der Waals surface area contributed by atoms with Crippen LogP contribution in [0.5, 0.6) is 11.6 Å². The Morgan fingerprint density at radius 1 is 0.914 bits per heavy atom. The third-order valence-electron chi connectivity index (χ3n) is 5.98. The molecule has 0 bridgehead atoms. The molecule has 2 heterocycles. The molecule has 0 fully saturated rings. The lowest BCUT2D eigenvalue weighted by atomic mass is 10.00. The van der Waals surface area contributed by atoms with E-state index in [0.717, 1.165) is 30.9 Å². The summed E-state index contributed by atoms with van der Waals surface area (Å²) in [6, 6.07) is 30.3. The molecule has 0 saturated carbocycles. The number of rotatable bonds is 6. The summed E-state index contributed by atoms with van der Waals surface area (Å²) in [5.74, 6) is 2.36. The molecule has 7 heteroatoms. The van der Waals surface area contributed by atoms with Crippen LogP contribution >= 0.6 is 12.2 Å². The Morgan fingerprint density at radius 2 is 1.60 bits per heavy atom. The molecular formula is C28H27N5OS. The van der Waals surface area contributed by atoms with Crippen LogP contribution in [0.1, 0.15) is 29.7 Å². The lowest BCUT2D eigenvalue weighted by Gasteiger charge is -2.30. The molecule has 1 atom stereocenters. The standard InChI is InChI=1S/C28H27N5OS/c1-20(21-10-4-2-5-11-21)29-28(35)32-27-30-25(18-26(31-27)34-24-14-6-3-7-15-24)33-17-16-22-12-8-9-13-23(22)19-33/h2-15,18,20H,16-17,19H2,1H3,(H2,29,30,31,32,35). The highest BCUT2D eigenvalue weighted by atomic mass is 32.1. The fourth-order valence-electron chi connectivity index (χ4n) is 4.14. The van der Waals surface area contributed by atoms with Crippen LogP contribution in [0.2, 0.25) is 0 Å². The number of anilines is 2. The first kappa shape index (κ1) is 22.8. The molecular weight excluding hydrogens is 454 g/mol. The Morgan fingerprint density at radius 3 is 2.37 bits per heavy atom. The van der Waals surface area contributed by atoms with Gasteiger partial charge in [0.15, 0.2) is 5.11 Å². The summed E-state index contributed by atoms with van der Waals surface area (Å²) in [4.78, 5) is 11.6. The quantitative estimate of drug-likeness (QED) is 0.334. The van der Waals surface area contributed by atoms with Crippen LogP contribution < -0.4 is 20.3 Å². The fourth-order valence-corrected chi connectivity index (χ4v) is 4.41. The second kappa shape index (κ2) is 10.5. The molecule has 2 N–H and O–H groups in total. The first-order chi connectivity index (χ1) is 17.1. The summed E-state index contributed by atoms with van der Waals surface area (Å²) >= 11 is 5.58. The van der Waals surface area contributed by atoms with Crippen molar-refractivity contribution < 1.29 is 4.74 Å². The van der Waals surface area contributed by atoms with Crippen molar-refractivity contribution in [2.24, 2.45) is 0 Å². The molecule has 5 rings (SSSR count). The van der Waals surface area contributed by atoms with E-state index in [-0.39, 0.29) is 6.04 Å². The van der Waals surface area contributed by atoms with Gasteiger partial charge >= 0.3 is 0 Å². The normalized spacial score (nSPS) is 13.5. The predicted octanol–water partition coefficient (Wildman–Crippen LogP) is 5.88. The monoisotopic (exact) mass is 481 g/mol. The maximum atomic E-state index is 6.07. The van der Waals surface area contributed by atoms with Gasteiger partial charge in [0.25, 0.3) is 0 Å². The summed E-state index contributed by atoms with van der Waals surface area (Å²) in [6.45, 7) is 3.72. The highest BCUT2D eigenvalue weighted by molar-refractivity contribution is 7.80. The zero-order valence-corrected chi connectivity index (χ0v) is 20.3. The van der Waals surface area contributed by atoms with Gasteiger partial charge in [-0.2, -0.15) is 9.97 Å². The lowest BCUT2D eigenvalue weighted by Crippen LogP contribution is -2.33. The predicted molar refractivity (Wildman–Crippen MR) is 144 cm³/mol. The second-order valence-electron chi connectivity index (χ2n) is 8.47. The molecule has 4 aromatic rings. The third kappa shape index (κ3) is 5.75. The van der Waals surface area contributed by atoms with Crippen LogP contribution in [-0.2, 0) is 13.0 Å². The Balaban J connectivity index is 1.38. The summed E-state index contributed by atoms with van der Waals surface area (Å²) in [7, 11) is 0. The Labute approximate surface area is 211 Å². The number of hydrogen-bond acceptors (Lipinski definition) is 5. The van der Waals surface area contributed by atoms with E-state index >= 15 is 0 Å². The molecule has 0 saturated heterocycles. The maximum absolute atomic E-state index is 6.07. The van der Waals surface area contributed by atoms with Gasteiger partial charge in [-0.3, -0.25) is 0 Å². The second-order valence-corrected chi connectivity index (χ2v) is 8.88. The minimum absolute atomic E-state index is 0.0398. The smallest absolute Gasteiger partial charge is 0.234 e. The van der Waals surface area contributed by atoms with Crippen molar-refractivity contribution in [1.29, 1.82) is 0 Å². The van der Waals surface area contributed by atoms with E-state index in [1.165, 1.54) is 11.1 Å². The Hall–Kier alpha value is -3.97. The van der Waals surface area contributed by atoms with Gasteiger partial charge in [-0.15, -0.1) is 0 Å². The van der Waals surface area contributed by atoms with E-state index in [0.29, 0.717) is 22.7 Å². The Bertz CT molecular complexity index is 1300. The molecule has 6 nitrogen and oxygen atoms in total. The first-order valence-corrected chi connectivity index (χ1v) is 12.1. The summed E-state index contributed by atoms with van der Waals surface area (Å²) in [5.41, 5.74) is 3.84. The topological polar surface area (TPSA) is 62.3 Å². The van der Waals surface area contributed by atoms with Gasteiger partial charge in [0, 0.05) is 19.2 Å². The molecule has 35 heavy (non-hydrogen) atoms. The van der Waals surface area contributed by atoms with Gasteiger partial charge in [0.05, 0.1) is 6.04 Å². The van der Waals surface area contributed by atoms with Crippen molar-refractivity contribution >= 4 is 29.1 Å². The summed E-state index contributed by atoms with van der Waals surface area (Å²) in [5, 5.41) is 6.92. The van der Waals surface area contributed by atoms with E-state index in [2.05, 4.69) is 63.8 Å². The molecule has 1 aliphatic rings. The van der Waals surface area contributed by atoms with Crippen molar-refractivity contribution in [3.8, 4) is 11.6 Å². The Kier molecular flexibility index (Phi) is 6.86. The highest BCUT2D eigenvalue weighted by Crippen LogP contribution is 2.28. The number of aromatic nitrogens is 2. The van der Waals surface area contributed by atoms with Gasteiger partial charge in [-0.05, 0) is 54.4 Å². The zero-order chi connectivity index (χ0) is 24.0. The van der Waals surface area contributed by atoms with Gasteiger partial charge in [0.2, 0.25) is 11.8 Å². The largest absolute Gasteiger partial charge is 0.439 e. The van der Waals surface area contributed by atoms with Crippen molar-refractivity contribution in [3.63, 3.8) is 0 Å². The molecule has 0 aliphatic carbocycles. The van der Waals surface area contributed by atoms with Gasteiger partial charge < -0.3 is 20.3 Å². The number of benzene rings is 3. The number of hydrogen-bond donors (Lipinski definition) is 2. The van der Waals surface area contributed by atoms with E-state index < -0.39 is 0 Å². The van der Waals surface area contributed by atoms with Gasteiger partial charge in [-0.25, -0.2) is 0 Å². The number of para-hydroxylation sites is 1. The van der Waals surface area contributed by atoms with E-state index in [1.807, 2.05) is 54.6 Å². The average Bonchev–Trinajstić information content (AvgIpc) is 2.89. The number of nitrogens with one attached hydrogen (secondary N) is 2. The first-order valence-electron chi connectivity index (χ1n) is 11.7. The molecule has 0 radical (unpaired) electrons. The van der Waals surface area contributed by atoms with Crippen molar-refractivity contribution in [2.45, 2.75) is 25.9 Å². The van der Waals surface area contributed by atoms with Crippen molar-refractivity contribution in [3.05, 3.63) is 108 Å². The van der Waals surface area contributed by atoms with Crippen LogP contribution in [0.15, 0.2) is 91.0 Å². The van der Waals surface area contributed by atoms with Crippen LogP contribution in [-0.4, -0.2) is 21.6 Å². The van der Waals surface area contributed by atoms with Crippen LogP contribution in [0.4, 0.5) is 11.8 Å². The number of fused-ring (bicyclic) bond motifs is 1. The van der Waals surface area contributed by atoms with Gasteiger partial charge in [0.1, 0.15) is 11.6 Å². The molecule has 3 aromatic carbocycles. The summed E-state index contributed by atoms with van der Waals surface area (Å²) in [6.07, 6.45) is 0.965. The van der Waals surface area contributed by atoms with E-state index in [1.54, 1.807) is 0 Å². The molecule has 176 valence electrons. The van der Waals surface area contributed by atoms with Crippen LogP contribution in [0.25, 0.3) is 0 Å². The molecule has 0 amide bonds. The number of nitrogens with zero attached hydrogens (tertiary/aromatic N) is 3. The SMILES string of the molecule is CC(NC(=S)Nc1nc(Oc2ccccc2)cc(N2CCc3ccccc3C2)n1)c1ccccc1. The van der Waals surface area contributed by atoms with E-state index in [9.17, 15) is 0 Å². The van der Waals surface area contributed by atoms with Crippen molar-refractivity contribution in [2.75, 3.05) is 16.8 Å². The number of ether oxygens (including phenoxy) is 1. The molecule has 0 spiro atoms. The zero-order valence-electron chi connectivity index (χ0n) is 19.5. The molecule has 1 aromatic heterocycles. The third-order valence-corrected chi connectivity index (χ3v) is 6.20. The van der Waals surface area contributed by atoms with E-state index in [4.69, 9.17) is 21.9 Å². The molecule has 1 unspecified atom stereocenters. The average molecular weight is 482 g/mol. The highest BCUT2D eigenvalue weighted by Gasteiger charge is 2.20. The fraction of sp³-hybridized carbons (Fsp3) is 0.179. The number of thiocarbonyl (C=S) groups is 1. The van der Waals surface area contributed by atoms with Gasteiger partial charge in [-0.1, -0.05) is 72.8 Å². The minimum atomic E-state index is 0.0398. The van der Waals surface area contributed by atoms with Crippen LogP contribution in [0.3, 0.4) is 0 Å². The lowest BCUT2D eigenvalue weighted by molar-refractivity contribution is 0.462. The minimum Gasteiger partial charge on any atom is -0.439 e. The van der Waals surface area contributed by atoms with Crippen LogP contribution in [0, 0.1) is 0 Å². The van der Waals surface area contributed by atoms with Crippen molar-refractivity contribution in [1.82, 2.24) is 15.3 Å². The maximum Gasteiger partial charge on any atom is 0.234 e.